The highest BCUT2D eigenvalue weighted by molar-refractivity contribution is 7.09. The van der Waals surface area contributed by atoms with E-state index in [0.29, 0.717) is 44.3 Å². The normalized spacial score (nSPS) is 14.7. The number of nitrogens with zero attached hydrogens (tertiary/aromatic N) is 5. The fraction of sp³-hybridized carbons (Fsp3) is 0.375. The number of fused-ring (bicyclic) bond motifs is 1. The van der Waals surface area contributed by atoms with Crippen LogP contribution in [0, 0.1) is 0 Å². The third kappa shape index (κ3) is 3.33. The molecule has 136 valence electrons. The first-order valence-corrected chi connectivity index (χ1v) is 9.16. The Bertz CT molecular complexity index is 958. The second kappa shape index (κ2) is 7.26. The summed E-state index contributed by atoms with van der Waals surface area (Å²) in [7, 11) is 0. The van der Waals surface area contributed by atoms with Crippen LogP contribution in [0.25, 0.3) is 5.65 Å². The number of ether oxygens (including phenoxy) is 1. The van der Waals surface area contributed by atoms with Gasteiger partial charge in [0.1, 0.15) is 6.54 Å². The molecule has 1 amide bonds. The maximum absolute atomic E-state index is 12.5. The van der Waals surface area contributed by atoms with Crippen LogP contribution >= 0.6 is 11.3 Å². The van der Waals surface area contributed by atoms with Crippen LogP contribution in [0.15, 0.2) is 34.7 Å². The van der Waals surface area contributed by atoms with E-state index < -0.39 is 0 Å². The summed E-state index contributed by atoms with van der Waals surface area (Å²) in [6.07, 6.45) is 3.14. The average molecular weight is 374 g/mol. The van der Waals surface area contributed by atoms with Crippen LogP contribution in [0.2, 0.25) is 0 Å². The van der Waals surface area contributed by atoms with Crippen molar-refractivity contribution in [2.45, 2.75) is 13.1 Å². The first-order chi connectivity index (χ1) is 12.7. The van der Waals surface area contributed by atoms with E-state index >= 15 is 0 Å². The fourth-order valence-electron chi connectivity index (χ4n) is 2.83. The van der Waals surface area contributed by atoms with Gasteiger partial charge in [-0.1, -0.05) is 6.07 Å². The van der Waals surface area contributed by atoms with E-state index in [0.717, 1.165) is 4.88 Å². The molecule has 4 rings (SSSR count). The Kier molecular flexibility index (Phi) is 4.67. The SMILES string of the molecule is O=C(Cn1nc2c(N3CCOCC3)nccn2c1=O)NCc1cccs1. The minimum Gasteiger partial charge on any atom is -0.378 e. The molecule has 10 heteroatoms. The maximum Gasteiger partial charge on any atom is 0.350 e. The Morgan fingerprint density at radius 3 is 2.96 bits per heavy atom. The Morgan fingerprint density at radius 2 is 2.19 bits per heavy atom. The molecule has 3 aromatic heterocycles. The topological polar surface area (TPSA) is 93.8 Å². The quantitative estimate of drug-likeness (QED) is 0.681. The summed E-state index contributed by atoms with van der Waals surface area (Å²) in [5, 5.41) is 9.09. The zero-order valence-corrected chi connectivity index (χ0v) is 14.8. The number of carbonyl (C=O) groups is 1. The Balaban J connectivity index is 1.55. The molecule has 4 heterocycles. The van der Waals surface area contributed by atoms with E-state index in [4.69, 9.17) is 4.74 Å². The van der Waals surface area contributed by atoms with Gasteiger partial charge in [-0.2, -0.15) is 0 Å². The molecule has 1 fully saturated rings. The van der Waals surface area contributed by atoms with E-state index in [1.165, 1.54) is 9.08 Å². The second-order valence-corrected chi connectivity index (χ2v) is 6.87. The van der Waals surface area contributed by atoms with Gasteiger partial charge in [-0.25, -0.2) is 18.9 Å². The van der Waals surface area contributed by atoms with Gasteiger partial charge in [0.15, 0.2) is 5.82 Å². The van der Waals surface area contributed by atoms with E-state index in [1.54, 1.807) is 23.7 Å². The van der Waals surface area contributed by atoms with Crippen molar-refractivity contribution >= 4 is 28.7 Å². The van der Waals surface area contributed by atoms with Crippen molar-refractivity contribution in [1.29, 1.82) is 0 Å². The predicted octanol–water partition coefficient (Wildman–Crippen LogP) is 0.106. The smallest absolute Gasteiger partial charge is 0.350 e. The van der Waals surface area contributed by atoms with Crippen molar-refractivity contribution < 1.29 is 9.53 Å². The molecule has 0 atom stereocenters. The standard InChI is InChI=1S/C16H18N6O3S/c23-13(18-10-12-2-1-9-26-12)11-22-16(24)21-4-3-17-14(15(21)19-22)20-5-7-25-8-6-20/h1-4,9H,5-8,10-11H2,(H,18,23). The summed E-state index contributed by atoms with van der Waals surface area (Å²) < 4.78 is 7.95. The molecule has 0 aromatic carbocycles. The van der Waals surface area contributed by atoms with Gasteiger partial charge in [-0.05, 0) is 11.4 Å². The molecule has 0 bridgehead atoms. The van der Waals surface area contributed by atoms with Crippen molar-refractivity contribution in [3.05, 3.63) is 45.3 Å². The van der Waals surface area contributed by atoms with Gasteiger partial charge in [-0.3, -0.25) is 4.79 Å². The number of amides is 1. The van der Waals surface area contributed by atoms with E-state index in [2.05, 4.69) is 15.4 Å². The van der Waals surface area contributed by atoms with Crippen molar-refractivity contribution in [3.8, 4) is 0 Å². The van der Waals surface area contributed by atoms with Crippen LogP contribution in [-0.2, 0) is 22.6 Å². The van der Waals surface area contributed by atoms with Gasteiger partial charge in [-0.15, -0.1) is 16.4 Å². The minimum absolute atomic E-state index is 0.131. The molecule has 3 aromatic rings. The molecule has 1 saturated heterocycles. The highest BCUT2D eigenvalue weighted by atomic mass is 32.1. The van der Waals surface area contributed by atoms with Crippen LogP contribution in [0.1, 0.15) is 4.88 Å². The van der Waals surface area contributed by atoms with Crippen molar-refractivity contribution in [2.75, 3.05) is 31.2 Å². The third-order valence-corrected chi connectivity index (χ3v) is 5.00. The largest absolute Gasteiger partial charge is 0.378 e. The van der Waals surface area contributed by atoms with Crippen LogP contribution in [0.4, 0.5) is 5.82 Å². The first kappa shape index (κ1) is 16.7. The van der Waals surface area contributed by atoms with Gasteiger partial charge in [0.2, 0.25) is 11.6 Å². The second-order valence-electron chi connectivity index (χ2n) is 5.84. The Hall–Kier alpha value is -2.72. The number of anilines is 1. The lowest BCUT2D eigenvalue weighted by Gasteiger charge is -2.27. The molecule has 0 unspecified atom stereocenters. The first-order valence-electron chi connectivity index (χ1n) is 8.28. The van der Waals surface area contributed by atoms with Crippen molar-refractivity contribution in [1.82, 2.24) is 24.5 Å². The summed E-state index contributed by atoms with van der Waals surface area (Å²) in [5.74, 6) is 0.371. The number of nitrogens with one attached hydrogen (secondary N) is 1. The summed E-state index contributed by atoms with van der Waals surface area (Å²) >= 11 is 1.57. The molecule has 0 spiro atoms. The van der Waals surface area contributed by atoms with Crippen LogP contribution in [0.5, 0.6) is 0 Å². The van der Waals surface area contributed by atoms with E-state index in [9.17, 15) is 9.59 Å². The Morgan fingerprint density at radius 1 is 1.35 bits per heavy atom. The number of carbonyl (C=O) groups excluding carboxylic acids is 1. The lowest BCUT2D eigenvalue weighted by atomic mass is 10.4. The number of morpholine rings is 1. The summed E-state index contributed by atoms with van der Waals surface area (Å²) in [6.45, 7) is 2.91. The lowest BCUT2D eigenvalue weighted by molar-refractivity contribution is -0.122. The van der Waals surface area contributed by atoms with Crippen molar-refractivity contribution in [3.63, 3.8) is 0 Å². The number of aromatic nitrogens is 4. The fourth-order valence-corrected chi connectivity index (χ4v) is 3.47. The Labute approximate surface area is 152 Å². The molecule has 0 aliphatic carbocycles. The van der Waals surface area contributed by atoms with Gasteiger partial charge in [0.05, 0.1) is 19.8 Å². The van der Waals surface area contributed by atoms with Gasteiger partial charge in [0.25, 0.3) is 0 Å². The van der Waals surface area contributed by atoms with Gasteiger partial charge >= 0.3 is 5.69 Å². The molecule has 1 N–H and O–H groups in total. The molecule has 26 heavy (non-hydrogen) atoms. The number of thiophene rings is 1. The summed E-state index contributed by atoms with van der Waals surface area (Å²) in [6, 6.07) is 3.88. The lowest BCUT2D eigenvalue weighted by Crippen LogP contribution is -2.37. The van der Waals surface area contributed by atoms with Gasteiger partial charge in [0, 0.05) is 30.4 Å². The average Bonchev–Trinajstić information content (AvgIpc) is 3.29. The zero-order chi connectivity index (χ0) is 17.9. The highest BCUT2D eigenvalue weighted by Crippen LogP contribution is 2.16. The molecule has 1 aliphatic heterocycles. The third-order valence-electron chi connectivity index (χ3n) is 4.13. The van der Waals surface area contributed by atoms with E-state index in [-0.39, 0.29) is 18.1 Å². The number of hydrogen-bond donors (Lipinski definition) is 1. The van der Waals surface area contributed by atoms with Gasteiger partial charge < -0.3 is 15.0 Å². The molecular weight excluding hydrogens is 356 g/mol. The molecule has 0 saturated carbocycles. The minimum atomic E-state index is -0.358. The summed E-state index contributed by atoms with van der Waals surface area (Å²) in [5.41, 5.74) is 0.0913. The monoisotopic (exact) mass is 374 g/mol. The van der Waals surface area contributed by atoms with Crippen LogP contribution in [0.3, 0.4) is 0 Å². The van der Waals surface area contributed by atoms with Crippen LogP contribution in [-0.4, -0.2) is 51.4 Å². The molecule has 9 nitrogen and oxygen atoms in total. The maximum atomic E-state index is 12.5. The molecule has 1 aliphatic rings. The molecular formula is C16H18N6O3S. The molecule has 0 radical (unpaired) electrons. The number of rotatable bonds is 5. The predicted molar refractivity (Wildman–Crippen MR) is 96.4 cm³/mol. The van der Waals surface area contributed by atoms with Crippen molar-refractivity contribution in [2.24, 2.45) is 0 Å². The highest BCUT2D eigenvalue weighted by Gasteiger charge is 2.19. The zero-order valence-electron chi connectivity index (χ0n) is 14.0. The summed E-state index contributed by atoms with van der Waals surface area (Å²) in [4.78, 5) is 32.2. The van der Waals surface area contributed by atoms with E-state index in [1.807, 2.05) is 22.4 Å². The number of hydrogen-bond acceptors (Lipinski definition) is 7. The van der Waals surface area contributed by atoms with Crippen LogP contribution < -0.4 is 15.9 Å².